The van der Waals surface area contributed by atoms with E-state index in [1.807, 2.05) is 51.9 Å². The minimum Gasteiger partial charge on any atom is -0.410 e. The fraction of sp³-hybridized carbons (Fsp3) is 0.593. The highest BCUT2D eigenvalue weighted by Gasteiger charge is 2.43. The van der Waals surface area contributed by atoms with Crippen LogP contribution >= 0.6 is 11.8 Å². The van der Waals surface area contributed by atoms with Crippen molar-refractivity contribution in [2.45, 2.75) is 76.1 Å². The number of ether oxygens (including phenoxy) is 1. The third-order valence-electron chi connectivity index (χ3n) is 6.42. The molecule has 1 fully saturated rings. The number of hydrogen-bond donors (Lipinski definition) is 2. The molecule has 2 aromatic rings. The molecule has 1 aromatic heterocycles. The van der Waals surface area contributed by atoms with Crippen LogP contribution < -0.4 is 15.4 Å². The molecule has 1 aromatic carbocycles. The Labute approximate surface area is 228 Å². The number of carbonyl (C=O) groups is 3. The Morgan fingerprint density at radius 2 is 1.79 bits per heavy atom. The highest BCUT2D eigenvalue weighted by atomic mass is 32.2. The van der Waals surface area contributed by atoms with E-state index in [-0.39, 0.29) is 11.8 Å². The van der Waals surface area contributed by atoms with E-state index in [0.29, 0.717) is 30.2 Å². The Bertz CT molecular complexity index is 1080. The summed E-state index contributed by atoms with van der Waals surface area (Å²) in [5, 5.41) is 14.0. The fourth-order valence-corrected chi connectivity index (χ4v) is 5.20. The molecule has 2 N–H and O–H groups in total. The molecule has 2 amide bonds. The molecule has 3 rings (SSSR count). The SMILES string of the molecule is Cc1ccc(OC(=O)NC2(C(=O)NC(CC(C)C)C(=O)c3nnc(SCCN(C)C)o3)CCCCC2)cc1. The molecule has 1 aliphatic rings. The number of carbonyl (C=O) groups excluding carboxylic acids is 3. The van der Waals surface area contributed by atoms with Crippen LogP contribution in [0.5, 0.6) is 5.75 Å². The Kier molecular flexibility index (Phi) is 10.7. The zero-order valence-electron chi connectivity index (χ0n) is 22.9. The number of amides is 2. The van der Waals surface area contributed by atoms with Gasteiger partial charge in [0.05, 0.1) is 6.04 Å². The van der Waals surface area contributed by atoms with Crippen LogP contribution in [0.3, 0.4) is 0 Å². The van der Waals surface area contributed by atoms with Crippen molar-refractivity contribution in [1.29, 1.82) is 0 Å². The van der Waals surface area contributed by atoms with Gasteiger partial charge >= 0.3 is 6.09 Å². The molecule has 208 valence electrons. The van der Waals surface area contributed by atoms with E-state index in [9.17, 15) is 14.4 Å². The number of nitrogens with zero attached hydrogens (tertiary/aromatic N) is 3. The molecule has 0 saturated heterocycles. The number of hydrogen-bond acceptors (Lipinski definition) is 9. The van der Waals surface area contributed by atoms with E-state index < -0.39 is 29.4 Å². The maximum absolute atomic E-state index is 13.7. The largest absolute Gasteiger partial charge is 0.413 e. The lowest BCUT2D eigenvalue weighted by Gasteiger charge is -2.37. The summed E-state index contributed by atoms with van der Waals surface area (Å²) in [5.41, 5.74) is -0.125. The summed E-state index contributed by atoms with van der Waals surface area (Å²) < 4.78 is 11.1. The van der Waals surface area contributed by atoms with Crippen LogP contribution in [0.1, 0.15) is 68.6 Å². The highest BCUT2D eigenvalue weighted by molar-refractivity contribution is 7.99. The molecule has 0 radical (unpaired) electrons. The highest BCUT2D eigenvalue weighted by Crippen LogP contribution is 2.29. The maximum atomic E-state index is 13.7. The number of rotatable bonds is 12. The molecule has 1 atom stereocenters. The topological polar surface area (TPSA) is 127 Å². The molecule has 1 aliphatic carbocycles. The van der Waals surface area contributed by atoms with E-state index in [1.54, 1.807) is 12.1 Å². The van der Waals surface area contributed by atoms with Gasteiger partial charge in [-0.25, -0.2) is 4.79 Å². The smallest absolute Gasteiger partial charge is 0.410 e. The fourth-order valence-electron chi connectivity index (χ4n) is 4.33. The predicted octanol–water partition coefficient (Wildman–Crippen LogP) is 4.24. The number of ketones is 1. The Morgan fingerprint density at radius 3 is 2.42 bits per heavy atom. The molecular weight excluding hydrogens is 506 g/mol. The second-order valence-corrected chi connectivity index (χ2v) is 11.6. The van der Waals surface area contributed by atoms with Crippen molar-refractivity contribution >= 4 is 29.5 Å². The average molecular weight is 546 g/mol. The van der Waals surface area contributed by atoms with Crippen molar-refractivity contribution in [3.05, 3.63) is 35.7 Å². The number of Topliss-reactive ketones (excluding diaryl/α,β-unsaturated/α-hetero) is 1. The summed E-state index contributed by atoms with van der Waals surface area (Å²) in [6, 6.07) is 6.24. The van der Waals surface area contributed by atoms with Gasteiger partial charge in [-0.2, -0.15) is 0 Å². The van der Waals surface area contributed by atoms with Crippen LogP contribution in [0.2, 0.25) is 0 Å². The number of aromatic nitrogens is 2. The maximum Gasteiger partial charge on any atom is 0.413 e. The zero-order chi connectivity index (χ0) is 27.7. The summed E-state index contributed by atoms with van der Waals surface area (Å²) in [4.78, 5) is 41.9. The van der Waals surface area contributed by atoms with Gasteiger partial charge < -0.3 is 24.7 Å². The number of nitrogens with one attached hydrogen (secondary N) is 2. The van der Waals surface area contributed by atoms with Crippen LogP contribution in [0.4, 0.5) is 4.79 Å². The van der Waals surface area contributed by atoms with Gasteiger partial charge in [0, 0.05) is 12.3 Å². The Hall–Kier alpha value is -2.92. The van der Waals surface area contributed by atoms with Crippen LogP contribution in [0.15, 0.2) is 33.9 Å². The lowest BCUT2D eigenvalue weighted by atomic mass is 9.80. The first-order valence-electron chi connectivity index (χ1n) is 13.1. The predicted molar refractivity (Wildman–Crippen MR) is 145 cm³/mol. The zero-order valence-corrected chi connectivity index (χ0v) is 23.7. The summed E-state index contributed by atoms with van der Waals surface area (Å²) >= 11 is 1.37. The van der Waals surface area contributed by atoms with Crippen LogP contribution in [0.25, 0.3) is 0 Å². The molecule has 0 spiro atoms. The van der Waals surface area contributed by atoms with E-state index in [1.165, 1.54) is 11.8 Å². The lowest BCUT2D eigenvalue weighted by molar-refractivity contribution is -0.129. The molecule has 0 bridgehead atoms. The van der Waals surface area contributed by atoms with E-state index >= 15 is 0 Å². The van der Waals surface area contributed by atoms with Gasteiger partial charge in [-0.15, -0.1) is 10.2 Å². The minimum atomic E-state index is -1.17. The van der Waals surface area contributed by atoms with Crippen LogP contribution in [0, 0.1) is 12.8 Å². The molecular formula is C27H39N5O5S. The standard InChI is InChI=1S/C27H39N5O5S/c1-18(2)17-21(22(33)23-30-31-26(37-23)38-16-15-32(4)5)28-24(34)27(13-7-6-8-14-27)29-25(35)36-20-11-9-19(3)10-12-20/h9-12,18,21H,6-8,13-17H2,1-5H3,(H,28,34)(H,29,35). The van der Waals surface area contributed by atoms with E-state index in [2.05, 4.69) is 20.8 Å². The van der Waals surface area contributed by atoms with Gasteiger partial charge in [-0.3, -0.25) is 9.59 Å². The molecule has 0 aliphatic heterocycles. The summed E-state index contributed by atoms with van der Waals surface area (Å²) in [7, 11) is 3.94. The molecule has 11 heteroatoms. The monoisotopic (exact) mass is 545 g/mol. The van der Waals surface area contributed by atoms with Gasteiger partial charge in [-0.1, -0.05) is 62.6 Å². The first-order valence-corrected chi connectivity index (χ1v) is 14.1. The van der Waals surface area contributed by atoms with Gasteiger partial charge in [-0.05, 0) is 58.3 Å². The van der Waals surface area contributed by atoms with Crippen LogP contribution in [-0.2, 0) is 4.79 Å². The number of aryl methyl sites for hydroxylation is 1. The third kappa shape index (κ3) is 8.56. The summed E-state index contributed by atoms with van der Waals surface area (Å²) in [5.74, 6) is 0.268. The molecule has 1 heterocycles. The second kappa shape index (κ2) is 13.7. The van der Waals surface area contributed by atoms with Gasteiger partial charge in [0.2, 0.25) is 11.7 Å². The van der Waals surface area contributed by atoms with Crippen molar-refractivity contribution < 1.29 is 23.5 Å². The van der Waals surface area contributed by atoms with Gasteiger partial charge in [0.1, 0.15) is 11.3 Å². The van der Waals surface area contributed by atoms with E-state index in [4.69, 9.17) is 9.15 Å². The summed E-state index contributed by atoms with van der Waals surface area (Å²) in [6.45, 7) is 6.70. The van der Waals surface area contributed by atoms with Crippen molar-refractivity contribution in [2.75, 3.05) is 26.4 Å². The Balaban J connectivity index is 1.72. The molecule has 1 saturated carbocycles. The third-order valence-corrected chi connectivity index (χ3v) is 7.22. The first kappa shape index (κ1) is 29.6. The lowest BCUT2D eigenvalue weighted by Crippen LogP contribution is -2.62. The molecule has 10 nitrogen and oxygen atoms in total. The summed E-state index contributed by atoms with van der Waals surface area (Å²) in [6.07, 6.45) is 3.12. The van der Waals surface area contributed by atoms with Crippen molar-refractivity contribution in [1.82, 2.24) is 25.7 Å². The van der Waals surface area contributed by atoms with Crippen molar-refractivity contribution in [3.63, 3.8) is 0 Å². The Morgan fingerprint density at radius 1 is 1.11 bits per heavy atom. The van der Waals surface area contributed by atoms with Gasteiger partial charge in [0.25, 0.3) is 11.1 Å². The second-order valence-electron chi connectivity index (χ2n) is 10.5. The molecule has 38 heavy (non-hydrogen) atoms. The van der Waals surface area contributed by atoms with Crippen molar-refractivity contribution in [2.24, 2.45) is 5.92 Å². The average Bonchev–Trinajstić information content (AvgIpc) is 3.33. The van der Waals surface area contributed by atoms with Gasteiger partial charge in [0.15, 0.2) is 0 Å². The number of benzene rings is 1. The number of thioether (sulfide) groups is 1. The molecule has 1 unspecified atom stereocenters. The quantitative estimate of drug-likeness (QED) is 0.297. The first-order chi connectivity index (χ1) is 18.1. The van der Waals surface area contributed by atoms with Crippen molar-refractivity contribution in [3.8, 4) is 5.75 Å². The minimum absolute atomic E-state index is 0.114. The van der Waals surface area contributed by atoms with Crippen LogP contribution in [-0.4, -0.2) is 70.9 Å². The normalized spacial score (nSPS) is 15.8. The van der Waals surface area contributed by atoms with E-state index in [0.717, 1.165) is 37.1 Å².